The van der Waals surface area contributed by atoms with Crippen LogP contribution in [0.5, 0.6) is 17.2 Å². The second kappa shape index (κ2) is 8.31. The minimum atomic E-state index is -0.513. The van der Waals surface area contributed by atoms with Gasteiger partial charge in [-0.15, -0.1) is 0 Å². The molecule has 1 heterocycles. The molecule has 2 atom stereocenters. The Morgan fingerprint density at radius 3 is 2.41 bits per heavy atom. The lowest BCUT2D eigenvalue weighted by atomic mass is 9.82. The standard InChI is InChI=1S/C21H25NO5/c1-24-15-7-5-6-14(10-15)19-16-12-18(26-3)17(25-2)11-13(16)8-9-22-20(19)21(23)27-4/h5-7,10-12,19-20,22H,8-9H2,1-4H3. The van der Waals surface area contributed by atoms with E-state index in [1.165, 1.54) is 7.11 Å². The summed E-state index contributed by atoms with van der Waals surface area (Å²) in [5, 5.41) is 3.34. The Morgan fingerprint density at radius 1 is 1.00 bits per heavy atom. The number of fused-ring (bicyclic) bond motifs is 1. The highest BCUT2D eigenvalue weighted by Crippen LogP contribution is 2.40. The van der Waals surface area contributed by atoms with Gasteiger partial charge in [-0.1, -0.05) is 12.1 Å². The Labute approximate surface area is 159 Å². The predicted molar refractivity (Wildman–Crippen MR) is 102 cm³/mol. The average molecular weight is 371 g/mol. The topological polar surface area (TPSA) is 66.0 Å². The van der Waals surface area contributed by atoms with Gasteiger partial charge >= 0.3 is 5.97 Å². The van der Waals surface area contributed by atoms with E-state index in [1.807, 2.05) is 36.4 Å². The lowest BCUT2D eigenvalue weighted by Crippen LogP contribution is -2.42. The van der Waals surface area contributed by atoms with Crippen molar-refractivity contribution in [2.45, 2.75) is 18.4 Å². The minimum absolute atomic E-state index is 0.246. The van der Waals surface area contributed by atoms with Crippen LogP contribution in [-0.2, 0) is 16.0 Å². The summed E-state index contributed by atoms with van der Waals surface area (Å²) >= 11 is 0. The van der Waals surface area contributed by atoms with Gasteiger partial charge in [-0.05, 0) is 47.4 Å². The monoisotopic (exact) mass is 371 g/mol. The lowest BCUT2D eigenvalue weighted by molar-refractivity contribution is -0.143. The van der Waals surface area contributed by atoms with Gasteiger partial charge in [0.1, 0.15) is 11.8 Å². The molecule has 1 N–H and O–H groups in total. The Bertz CT molecular complexity index is 820. The van der Waals surface area contributed by atoms with Gasteiger partial charge in [0, 0.05) is 12.5 Å². The Morgan fingerprint density at radius 2 is 1.74 bits per heavy atom. The van der Waals surface area contributed by atoms with Crippen molar-refractivity contribution in [2.75, 3.05) is 35.0 Å². The third-order valence-electron chi connectivity index (χ3n) is 4.98. The molecule has 2 aromatic rings. The Hall–Kier alpha value is -2.73. The van der Waals surface area contributed by atoms with Crippen LogP contribution in [0.1, 0.15) is 22.6 Å². The number of benzene rings is 2. The maximum atomic E-state index is 12.6. The highest BCUT2D eigenvalue weighted by Gasteiger charge is 2.35. The van der Waals surface area contributed by atoms with Crippen molar-refractivity contribution >= 4 is 5.97 Å². The van der Waals surface area contributed by atoms with E-state index >= 15 is 0 Å². The zero-order chi connectivity index (χ0) is 19.4. The molecule has 0 bridgehead atoms. The van der Waals surface area contributed by atoms with E-state index in [9.17, 15) is 4.79 Å². The molecule has 0 saturated heterocycles. The van der Waals surface area contributed by atoms with Crippen LogP contribution >= 0.6 is 0 Å². The largest absolute Gasteiger partial charge is 0.497 e. The number of carbonyl (C=O) groups excluding carboxylic acids is 1. The number of hydrogen-bond acceptors (Lipinski definition) is 6. The van der Waals surface area contributed by atoms with Crippen LogP contribution in [-0.4, -0.2) is 47.0 Å². The lowest BCUT2D eigenvalue weighted by Gasteiger charge is -2.26. The second-order valence-electron chi connectivity index (χ2n) is 6.37. The normalized spacial score (nSPS) is 18.8. The number of ether oxygens (including phenoxy) is 4. The molecule has 0 spiro atoms. The highest BCUT2D eigenvalue weighted by atomic mass is 16.5. The van der Waals surface area contributed by atoms with Crippen LogP contribution in [0.4, 0.5) is 0 Å². The average Bonchev–Trinajstić information content (AvgIpc) is 2.90. The van der Waals surface area contributed by atoms with Crippen molar-refractivity contribution in [1.82, 2.24) is 5.32 Å². The van der Waals surface area contributed by atoms with Crippen LogP contribution in [0.15, 0.2) is 36.4 Å². The van der Waals surface area contributed by atoms with E-state index in [0.717, 1.165) is 28.9 Å². The molecule has 6 heteroatoms. The van der Waals surface area contributed by atoms with Crippen molar-refractivity contribution in [3.63, 3.8) is 0 Å². The first-order valence-corrected chi connectivity index (χ1v) is 8.82. The molecule has 6 nitrogen and oxygen atoms in total. The van der Waals surface area contributed by atoms with Crippen molar-refractivity contribution in [3.05, 3.63) is 53.1 Å². The summed E-state index contributed by atoms with van der Waals surface area (Å²) in [5.41, 5.74) is 3.09. The van der Waals surface area contributed by atoms with E-state index in [0.29, 0.717) is 18.0 Å². The molecule has 2 unspecified atom stereocenters. The smallest absolute Gasteiger partial charge is 0.323 e. The van der Waals surface area contributed by atoms with Gasteiger partial charge in [0.25, 0.3) is 0 Å². The first-order valence-electron chi connectivity index (χ1n) is 8.82. The molecule has 0 fully saturated rings. The zero-order valence-corrected chi connectivity index (χ0v) is 16.1. The molecule has 0 saturated carbocycles. The summed E-state index contributed by atoms with van der Waals surface area (Å²) in [4.78, 5) is 12.6. The SMILES string of the molecule is COC(=O)C1NCCc2cc(OC)c(OC)cc2C1c1cccc(OC)c1. The number of methoxy groups -OCH3 is 4. The molecule has 0 aliphatic carbocycles. The third-order valence-corrected chi connectivity index (χ3v) is 4.98. The molecule has 1 aliphatic heterocycles. The fraction of sp³-hybridized carbons (Fsp3) is 0.381. The van der Waals surface area contributed by atoms with Crippen LogP contribution in [0.2, 0.25) is 0 Å². The van der Waals surface area contributed by atoms with Gasteiger partial charge in [0.05, 0.1) is 28.4 Å². The summed E-state index contributed by atoms with van der Waals surface area (Å²) in [7, 11) is 6.27. The number of esters is 1. The fourth-order valence-corrected chi connectivity index (χ4v) is 3.66. The first-order chi connectivity index (χ1) is 13.1. The maximum Gasteiger partial charge on any atom is 0.323 e. The van der Waals surface area contributed by atoms with Gasteiger partial charge in [-0.25, -0.2) is 0 Å². The molecule has 0 aromatic heterocycles. The van der Waals surface area contributed by atoms with Crippen LogP contribution in [0.25, 0.3) is 0 Å². The molecule has 2 aromatic carbocycles. The number of hydrogen-bond donors (Lipinski definition) is 1. The molecule has 3 rings (SSSR count). The molecular weight excluding hydrogens is 346 g/mol. The molecule has 0 radical (unpaired) electrons. The molecule has 1 aliphatic rings. The molecule has 0 amide bonds. The Balaban J connectivity index is 2.21. The maximum absolute atomic E-state index is 12.6. The van der Waals surface area contributed by atoms with Crippen LogP contribution < -0.4 is 19.5 Å². The van der Waals surface area contributed by atoms with E-state index in [4.69, 9.17) is 18.9 Å². The highest BCUT2D eigenvalue weighted by molar-refractivity contribution is 5.78. The van der Waals surface area contributed by atoms with Gasteiger partial charge in [-0.3, -0.25) is 4.79 Å². The van der Waals surface area contributed by atoms with Crippen LogP contribution in [0, 0.1) is 0 Å². The summed E-state index contributed by atoms with van der Waals surface area (Å²) in [6, 6.07) is 11.2. The molecule has 27 heavy (non-hydrogen) atoms. The fourth-order valence-electron chi connectivity index (χ4n) is 3.66. The van der Waals surface area contributed by atoms with E-state index in [1.54, 1.807) is 21.3 Å². The molecular formula is C21H25NO5. The second-order valence-corrected chi connectivity index (χ2v) is 6.37. The number of nitrogens with one attached hydrogen (secondary N) is 1. The number of carbonyl (C=O) groups is 1. The summed E-state index contributed by atoms with van der Waals surface area (Å²) in [6.07, 6.45) is 0.768. The van der Waals surface area contributed by atoms with Gasteiger partial charge in [0.15, 0.2) is 11.5 Å². The summed E-state index contributed by atoms with van der Waals surface area (Å²) < 4.78 is 21.4. The predicted octanol–water partition coefficient (Wildman–Crippen LogP) is 2.53. The zero-order valence-electron chi connectivity index (χ0n) is 16.1. The first kappa shape index (κ1) is 19.0. The van der Waals surface area contributed by atoms with Crippen molar-refractivity contribution in [1.29, 1.82) is 0 Å². The Kier molecular flexibility index (Phi) is 5.86. The third kappa shape index (κ3) is 3.71. The van der Waals surface area contributed by atoms with Crippen molar-refractivity contribution < 1.29 is 23.7 Å². The van der Waals surface area contributed by atoms with Gasteiger partial charge < -0.3 is 24.3 Å². The van der Waals surface area contributed by atoms with Gasteiger partial charge in [0.2, 0.25) is 0 Å². The number of rotatable bonds is 5. The van der Waals surface area contributed by atoms with E-state index in [2.05, 4.69) is 5.32 Å². The quantitative estimate of drug-likeness (QED) is 0.815. The summed E-state index contributed by atoms with van der Waals surface area (Å²) in [5.74, 6) is 1.50. The van der Waals surface area contributed by atoms with Gasteiger partial charge in [-0.2, -0.15) is 0 Å². The van der Waals surface area contributed by atoms with Crippen LogP contribution in [0.3, 0.4) is 0 Å². The summed E-state index contributed by atoms with van der Waals surface area (Å²) in [6.45, 7) is 0.655. The van der Waals surface area contributed by atoms with Crippen molar-refractivity contribution in [2.24, 2.45) is 0 Å². The van der Waals surface area contributed by atoms with Crippen molar-refractivity contribution in [3.8, 4) is 17.2 Å². The minimum Gasteiger partial charge on any atom is -0.497 e. The van der Waals surface area contributed by atoms with E-state index in [-0.39, 0.29) is 11.9 Å². The van der Waals surface area contributed by atoms with E-state index < -0.39 is 6.04 Å². The molecule has 144 valence electrons.